The summed E-state index contributed by atoms with van der Waals surface area (Å²) in [4.78, 5) is 13.1. The molecule has 0 saturated heterocycles. The molecule has 24 heavy (non-hydrogen) atoms. The smallest absolute Gasteiger partial charge is 0.279 e. The quantitative estimate of drug-likeness (QED) is 0.765. The molecule has 0 aliphatic carbocycles. The van der Waals surface area contributed by atoms with Gasteiger partial charge < -0.3 is 19.7 Å². The minimum Gasteiger partial charge on any atom is -0.497 e. The van der Waals surface area contributed by atoms with Crippen molar-refractivity contribution in [1.29, 1.82) is 0 Å². The maximum Gasteiger partial charge on any atom is 0.279 e. The number of hydrogen-bond acceptors (Lipinski definition) is 3. The molecule has 1 unspecified atom stereocenters. The number of halogens is 1. The number of carbonyl (C=O) groups is 1. The van der Waals surface area contributed by atoms with E-state index in [9.17, 15) is 4.79 Å². The Kier molecular flexibility index (Phi) is 6.90. The van der Waals surface area contributed by atoms with Crippen LogP contribution in [-0.4, -0.2) is 39.8 Å². The highest BCUT2D eigenvalue weighted by atomic mass is 35.5. The average Bonchev–Trinajstić information content (AvgIpc) is 2.57. The number of nitrogens with one attached hydrogen (secondary N) is 2. The number of likely N-dealkylation sites (N-methyl/N-ethyl adjacent to an activating group) is 1. The standard InChI is InChI=1S/C18H21ClN2O3/c1-21(11-12-24-17-7-3-14(19)4-8-17)13-18(22)20-15-5-9-16(23-2)10-6-15/h3-10H,11-13H2,1-2H3,(H,20,22)/p+1. The summed E-state index contributed by atoms with van der Waals surface area (Å²) in [6, 6.07) is 14.5. The van der Waals surface area contributed by atoms with Gasteiger partial charge >= 0.3 is 0 Å². The molecule has 0 aromatic heterocycles. The third-order valence-electron chi connectivity index (χ3n) is 3.45. The second-order valence-corrected chi connectivity index (χ2v) is 5.90. The van der Waals surface area contributed by atoms with Crippen molar-refractivity contribution in [3.8, 4) is 11.5 Å². The molecular weight excluding hydrogens is 328 g/mol. The molecule has 0 saturated carbocycles. The predicted octanol–water partition coefficient (Wildman–Crippen LogP) is 1.88. The van der Waals surface area contributed by atoms with Gasteiger partial charge in [0.05, 0.1) is 14.2 Å². The molecule has 2 aromatic rings. The highest BCUT2D eigenvalue weighted by Gasteiger charge is 2.10. The summed E-state index contributed by atoms with van der Waals surface area (Å²) in [6.45, 7) is 1.62. The molecule has 0 aliphatic rings. The Hall–Kier alpha value is -2.24. The van der Waals surface area contributed by atoms with Gasteiger partial charge in [-0.05, 0) is 48.5 Å². The Labute approximate surface area is 147 Å². The first-order valence-electron chi connectivity index (χ1n) is 7.70. The largest absolute Gasteiger partial charge is 0.497 e. The fourth-order valence-electron chi connectivity index (χ4n) is 2.12. The molecule has 2 rings (SSSR count). The van der Waals surface area contributed by atoms with Crippen LogP contribution in [0.25, 0.3) is 0 Å². The van der Waals surface area contributed by atoms with Gasteiger partial charge in [0.25, 0.3) is 5.91 Å². The highest BCUT2D eigenvalue weighted by molar-refractivity contribution is 6.30. The van der Waals surface area contributed by atoms with Gasteiger partial charge in [-0.1, -0.05) is 11.6 Å². The van der Waals surface area contributed by atoms with Crippen molar-refractivity contribution in [2.75, 3.05) is 39.2 Å². The van der Waals surface area contributed by atoms with Crippen LogP contribution in [0.5, 0.6) is 11.5 Å². The number of methoxy groups -OCH3 is 1. The Morgan fingerprint density at radius 1 is 1.08 bits per heavy atom. The minimum absolute atomic E-state index is 0.0378. The lowest BCUT2D eigenvalue weighted by molar-refractivity contribution is -0.871. The lowest BCUT2D eigenvalue weighted by Gasteiger charge is -2.14. The number of quaternary nitrogens is 1. The SMILES string of the molecule is COc1ccc(NC(=O)C[NH+](C)CCOc2ccc(Cl)cc2)cc1. The molecule has 0 bridgehead atoms. The number of amides is 1. The number of rotatable bonds is 8. The van der Waals surface area contributed by atoms with Crippen LogP contribution in [0.2, 0.25) is 5.02 Å². The van der Waals surface area contributed by atoms with Crippen molar-refractivity contribution in [2.24, 2.45) is 0 Å². The molecule has 0 heterocycles. The van der Waals surface area contributed by atoms with E-state index in [0.717, 1.165) is 28.6 Å². The molecule has 2 N–H and O–H groups in total. The van der Waals surface area contributed by atoms with Crippen molar-refractivity contribution in [2.45, 2.75) is 0 Å². The molecule has 6 heteroatoms. The number of carbonyl (C=O) groups excluding carboxylic acids is 1. The first-order valence-corrected chi connectivity index (χ1v) is 8.08. The van der Waals surface area contributed by atoms with Gasteiger partial charge in [-0.25, -0.2) is 0 Å². The van der Waals surface area contributed by atoms with Gasteiger partial charge in [0.15, 0.2) is 6.54 Å². The zero-order valence-electron chi connectivity index (χ0n) is 13.8. The van der Waals surface area contributed by atoms with Crippen molar-refractivity contribution >= 4 is 23.2 Å². The second kappa shape index (κ2) is 9.15. The zero-order chi connectivity index (χ0) is 17.4. The van der Waals surface area contributed by atoms with Crippen molar-refractivity contribution in [3.05, 3.63) is 53.6 Å². The molecular formula is C18H22ClN2O3+. The minimum atomic E-state index is -0.0378. The summed E-state index contributed by atoms with van der Waals surface area (Å²) in [5.74, 6) is 1.49. The summed E-state index contributed by atoms with van der Waals surface area (Å²) < 4.78 is 10.7. The Morgan fingerprint density at radius 3 is 2.33 bits per heavy atom. The predicted molar refractivity (Wildman–Crippen MR) is 95.2 cm³/mol. The number of hydrogen-bond donors (Lipinski definition) is 2. The summed E-state index contributed by atoms with van der Waals surface area (Å²) >= 11 is 5.83. The van der Waals surface area contributed by atoms with Crippen LogP contribution in [0.1, 0.15) is 0 Å². The van der Waals surface area contributed by atoms with Gasteiger partial charge in [0.2, 0.25) is 0 Å². The molecule has 0 aliphatic heterocycles. The van der Waals surface area contributed by atoms with Crippen molar-refractivity contribution < 1.29 is 19.2 Å². The molecule has 1 atom stereocenters. The van der Waals surface area contributed by atoms with Crippen LogP contribution in [-0.2, 0) is 4.79 Å². The molecule has 0 spiro atoms. The maximum absolute atomic E-state index is 12.0. The van der Waals surface area contributed by atoms with Crippen molar-refractivity contribution in [3.63, 3.8) is 0 Å². The Bertz CT molecular complexity index is 644. The summed E-state index contributed by atoms with van der Waals surface area (Å²) in [5.41, 5.74) is 0.756. The van der Waals surface area contributed by atoms with Crippen LogP contribution in [0.4, 0.5) is 5.69 Å². The second-order valence-electron chi connectivity index (χ2n) is 5.46. The van der Waals surface area contributed by atoms with E-state index in [1.54, 1.807) is 19.2 Å². The topological polar surface area (TPSA) is 52.0 Å². The molecule has 128 valence electrons. The first kappa shape index (κ1) is 18.1. The van der Waals surface area contributed by atoms with E-state index in [0.29, 0.717) is 18.2 Å². The number of anilines is 1. The molecule has 0 fully saturated rings. The van der Waals surface area contributed by atoms with E-state index in [4.69, 9.17) is 21.1 Å². The third-order valence-corrected chi connectivity index (χ3v) is 3.70. The fraction of sp³-hybridized carbons (Fsp3) is 0.278. The maximum atomic E-state index is 12.0. The van der Waals surface area contributed by atoms with E-state index in [1.807, 2.05) is 43.4 Å². The first-order chi connectivity index (χ1) is 11.6. The van der Waals surface area contributed by atoms with Crippen LogP contribution >= 0.6 is 11.6 Å². The lowest BCUT2D eigenvalue weighted by atomic mass is 10.3. The van der Waals surface area contributed by atoms with E-state index < -0.39 is 0 Å². The monoisotopic (exact) mass is 349 g/mol. The Morgan fingerprint density at radius 2 is 1.71 bits per heavy atom. The third kappa shape index (κ3) is 6.10. The number of ether oxygens (including phenoxy) is 2. The van der Waals surface area contributed by atoms with Gasteiger partial charge in [0, 0.05) is 10.7 Å². The van der Waals surface area contributed by atoms with Gasteiger partial charge in [-0.15, -0.1) is 0 Å². The Balaban J connectivity index is 1.69. The van der Waals surface area contributed by atoms with E-state index in [2.05, 4.69) is 5.32 Å². The van der Waals surface area contributed by atoms with E-state index in [1.165, 1.54) is 0 Å². The van der Waals surface area contributed by atoms with Crippen LogP contribution in [0.15, 0.2) is 48.5 Å². The highest BCUT2D eigenvalue weighted by Crippen LogP contribution is 2.15. The van der Waals surface area contributed by atoms with Crippen molar-refractivity contribution in [1.82, 2.24) is 0 Å². The lowest BCUT2D eigenvalue weighted by Crippen LogP contribution is -3.10. The van der Waals surface area contributed by atoms with Gasteiger partial charge in [0.1, 0.15) is 24.7 Å². The van der Waals surface area contributed by atoms with Crippen LogP contribution in [0.3, 0.4) is 0 Å². The summed E-state index contributed by atoms with van der Waals surface area (Å²) in [5, 5.41) is 3.55. The molecule has 5 nitrogen and oxygen atoms in total. The van der Waals surface area contributed by atoms with E-state index >= 15 is 0 Å². The summed E-state index contributed by atoms with van der Waals surface area (Å²) in [7, 11) is 3.57. The zero-order valence-corrected chi connectivity index (χ0v) is 14.6. The fourth-order valence-corrected chi connectivity index (χ4v) is 2.24. The summed E-state index contributed by atoms with van der Waals surface area (Å²) in [6.07, 6.45) is 0. The molecule has 2 aromatic carbocycles. The average molecular weight is 350 g/mol. The number of benzene rings is 2. The normalized spacial score (nSPS) is 11.6. The van der Waals surface area contributed by atoms with Crippen LogP contribution in [0, 0.1) is 0 Å². The van der Waals surface area contributed by atoms with Gasteiger partial charge in [-0.3, -0.25) is 4.79 Å². The van der Waals surface area contributed by atoms with Gasteiger partial charge in [-0.2, -0.15) is 0 Å². The van der Waals surface area contributed by atoms with E-state index in [-0.39, 0.29) is 5.91 Å². The molecule has 0 radical (unpaired) electrons. The van der Waals surface area contributed by atoms with Crippen LogP contribution < -0.4 is 19.7 Å². The molecule has 1 amide bonds.